The third-order valence-electron chi connectivity index (χ3n) is 3.60. The minimum Gasteiger partial charge on any atom is -0.479 e. The van der Waals surface area contributed by atoms with Crippen LogP contribution in [0.4, 0.5) is 4.39 Å². The van der Waals surface area contributed by atoms with Gasteiger partial charge in [-0.25, -0.2) is 9.18 Å². The molecule has 1 aromatic carbocycles. The van der Waals surface area contributed by atoms with Gasteiger partial charge in [-0.15, -0.1) is 0 Å². The van der Waals surface area contributed by atoms with Crippen LogP contribution in [0.25, 0.3) is 0 Å². The molecule has 7 nitrogen and oxygen atoms in total. The molecule has 128 valence electrons. The maximum Gasteiger partial charge on any atom is 0.333 e. The molecule has 8 heteroatoms. The predicted octanol–water partition coefficient (Wildman–Crippen LogP) is 1.96. The molecular formula is C16H18FN3O4. The molecule has 1 atom stereocenters. The van der Waals surface area contributed by atoms with Crippen molar-refractivity contribution in [2.45, 2.75) is 38.6 Å². The van der Waals surface area contributed by atoms with E-state index in [0.29, 0.717) is 24.6 Å². The summed E-state index contributed by atoms with van der Waals surface area (Å²) >= 11 is 0. The van der Waals surface area contributed by atoms with Crippen LogP contribution in [0.3, 0.4) is 0 Å². The van der Waals surface area contributed by atoms with E-state index in [-0.39, 0.29) is 12.0 Å². The molecule has 0 saturated carbocycles. The highest BCUT2D eigenvalue weighted by atomic mass is 19.1. The third kappa shape index (κ3) is 4.15. The van der Waals surface area contributed by atoms with E-state index in [1.54, 1.807) is 6.92 Å². The molecule has 0 spiro atoms. The van der Waals surface area contributed by atoms with Crippen molar-refractivity contribution in [3.8, 4) is 0 Å². The van der Waals surface area contributed by atoms with E-state index in [9.17, 15) is 19.1 Å². The standard InChI is InChI=1S/C16H18FN3O4/c1-10-18-14(24-20-10)5-3-4-13(21)19-16(2,15(22)23)11-6-8-12(17)9-7-11/h6-9H,3-5H2,1-2H3,(H,19,21)(H,22,23). The first-order chi connectivity index (χ1) is 11.3. The lowest BCUT2D eigenvalue weighted by molar-refractivity contribution is -0.147. The topological polar surface area (TPSA) is 105 Å². The molecule has 0 radical (unpaired) electrons. The van der Waals surface area contributed by atoms with Crippen LogP contribution in [0.15, 0.2) is 28.8 Å². The molecule has 1 heterocycles. The van der Waals surface area contributed by atoms with Gasteiger partial charge >= 0.3 is 5.97 Å². The lowest BCUT2D eigenvalue weighted by atomic mass is 9.91. The fourth-order valence-corrected chi connectivity index (χ4v) is 2.22. The number of carboxylic acid groups (broad SMARTS) is 1. The second-order valence-electron chi connectivity index (χ2n) is 5.57. The van der Waals surface area contributed by atoms with E-state index < -0.39 is 23.2 Å². The first-order valence-corrected chi connectivity index (χ1v) is 7.41. The zero-order valence-electron chi connectivity index (χ0n) is 13.4. The lowest BCUT2D eigenvalue weighted by Crippen LogP contribution is -2.49. The Hall–Kier alpha value is -2.77. The third-order valence-corrected chi connectivity index (χ3v) is 3.60. The Bertz CT molecular complexity index is 729. The van der Waals surface area contributed by atoms with Crippen molar-refractivity contribution in [3.63, 3.8) is 0 Å². The van der Waals surface area contributed by atoms with Crippen LogP contribution in [0.2, 0.25) is 0 Å². The maximum absolute atomic E-state index is 13.0. The Morgan fingerprint density at radius 2 is 2.00 bits per heavy atom. The predicted molar refractivity (Wildman–Crippen MR) is 81.5 cm³/mol. The highest BCUT2D eigenvalue weighted by Gasteiger charge is 2.36. The fraction of sp³-hybridized carbons (Fsp3) is 0.375. The average Bonchev–Trinajstić information content (AvgIpc) is 2.93. The molecule has 1 aromatic heterocycles. The van der Waals surface area contributed by atoms with Gasteiger partial charge < -0.3 is 14.9 Å². The number of amides is 1. The second kappa shape index (κ2) is 7.20. The van der Waals surface area contributed by atoms with Crippen LogP contribution in [0, 0.1) is 12.7 Å². The zero-order chi connectivity index (χ0) is 17.7. The average molecular weight is 335 g/mol. The Morgan fingerprint density at radius 3 is 2.54 bits per heavy atom. The smallest absolute Gasteiger partial charge is 0.333 e. The van der Waals surface area contributed by atoms with Gasteiger partial charge in [-0.1, -0.05) is 17.3 Å². The van der Waals surface area contributed by atoms with Gasteiger partial charge in [-0.05, 0) is 38.0 Å². The Labute approximate surface area is 137 Å². The number of hydrogen-bond donors (Lipinski definition) is 2. The zero-order valence-corrected chi connectivity index (χ0v) is 13.4. The number of aliphatic carboxylic acids is 1. The SMILES string of the molecule is Cc1noc(CCCC(=O)NC(C)(C(=O)O)c2ccc(F)cc2)n1. The number of rotatable bonds is 7. The molecule has 0 aliphatic carbocycles. The van der Waals surface area contributed by atoms with Crippen LogP contribution in [-0.4, -0.2) is 27.1 Å². The summed E-state index contributed by atoms with van der Waals surface area (Å²) in [6, 6.07) is 4.98. The molecule has 0 fully saturated rings. The first kappa shape index (κ1) is 17.6. The minimum atomic E-state index is -1.63. The maximum atomic E-state index is 13.0. The van der Waals surface area contributed by atoms with Crippen LogP contribution in [0.1, 0.15) is 37.0 Å². The molecule has 24 heavy (non-hydrogen) atoms. The van der Waals surface area contributed by atoms with Gasteiger partial charge in [0.25, 0.3) is 0 Å². The molecule has 1 unspecified atom stereocenters. The van der Waals surface area contributed by atoms with E-state index in [1.807, 2.05) is 0 Å². The van der Waals surface area contributed by atoms with E-state index in [1.165, 1.54) is 19.1 Å². The number of halogens is 1. The van der Waals surface area contributed by atoms with Crippen LogP contribution < -0.4 is 5.32 Å². The van der Waals surface area contributed by atoms with E-state index >= 15 is 0 Å². The van der Waals surface area contributed by atoms with E-state index in [0.717, 1.165) is 12.1 Å². The van der Waals surface area contributed by atoms with Gasteiger partial charge in [-0.2, -0.15) is 4.98 Å². The number of carboxylic acids is 1. The molecule has 1 amide bonds. The quantitative estimate of drug-likeness (QED) is 0.801. The monoisotopic (exact) mass is 335 g/mol. The van der Waals surface area contributed by atoms with E-state index in [2.05, 4.69) is 15.5 Å². The highest BCUT2D eigenvalue weighted by Crippen LogP contribution is 2.22. The number of nitrogens with zero attached hydrogens (tertiary/aromatic N) is 2. The Kier molecular flexibility index (Phi) is 5.28. The van der Waals surface area contributed by atoms with Gasteiger partial charge in [0.05, 0.1) is 0 Å². The van der Waals surface area contributed by atoms with Gasteiger partial charge in [0, 0.05) is 12.8 Å². The second-order valence-corrected chi connectivity index (χ2v) is 5.57. The van der Waals surface area contributed by atoms with Crippen molar-refractivity contribution in [1.29, 1.82) is 0 Å². The van der Waals surface area contributed by atoms with Crippen molar-refractivity contribution >= 4 is 11.9 Å². The van der Waals surface area contributed by atoms with Crippen molar-refractivity contribution in [2.24, 2.45) is 0 Å². The molecular weight excluding hydrogens is 317 g/mol. The molecule has 0 aliphatic rings. The number of hydrogen-bond acceptors (Lipinski definition) is 5. The van der Waals surface area contributed by atoms with Gasteiger partial charge in [-0.3, -0.25) is 4.79 Å². The summed E-state index contributed by atoms with van der Waals surface area (Å²) < 4.78 is 18.0. The summed E-state index contributed by atoms with van der Waals surface area (Å²) in [5.74, 6) is -1.19. The molecule has 2 N–H and O–H groups in total. The van der Waals surface area contributed by atoms with Crippen molar-refractivity contribution in [1.82, 2.24) is 15.5 Å². The Morgan fingerprint density at radius 1 is 1.33 bits per heavy atom. The number of benzene rings is 1. The summed E-state index contributed by atoms with van der Waals surface area (Å²) in [7, 11) is 0. The normalized spacial score (nSPS) is 13.3. The summed E-state index contributed by atoms with van der Waals surface area (Å²) in [6.45, 7) is 3.06. The fourth-order valence-electron chi connectivity index (χ4n) is 2.22. The lowest BCUT2D eigenvalue weighted by Gasteiger charge is -2.26. The number of nitrogens with one attached hydrogen (secondary N) is 1. The summed E-state index contributed by atoms with van der Waals surface area (Å²) in [6.07, 6.45) is 0.965. The summed E-state index contributed by atoms with van der Waals surface area (Å²) in [5, 5.41) is 15.6. The van der Waals surface area contributed by atoms with Crippen LogP contribution >= 0.6 is 0 Å². The molecule has 0 aliphatic heterocycles. The number of aromatic nitrogens is 2. The number of carbonyl (C=O) groups excluding carboxylic acids is 1. The highest BCUT2D eigenvalue weighted by molar-refractivity contribution is 5.87. The van der Waals surface area contributed by atoms with Gasteiger partial charge in [0.15, 0.2) is 11.4 Å². The Balaban J connectivity index is 1.97. The largest absolute Gasteiger partial charge is 0.479 e. The number of carbonyl (C=O) groups is 2. The summed E-state index contributed by atoms with van der Waals surface area (Å²) in [5.41, 5.74) is -1.34. The van der Waals surface area contributed by atoms with Gasteiger partial charge in [0.2, 0.25) is 11.8 Å². The molecule has 2 rings (SSSR count). The van der Waals surface area contributed by atoms with Crippen molar-refractivity contribution < 1.29 is 23.6 Å². The number of aryl methyl sites for hydroxylation is 2. The van der Waals surface area contributed by atoms with Crippen LogP contribution in [0.5, 0.6) is 0 Å². The summed E-state index contributed by atoms with van der Waals surface area (Å²) in [4.78, 5) is 27.7. The van der Waals surface area contributed by atoms with E-state index in [4.69, 9.17) is 4.52 Å². The van der Waals surface area contributed by atoms with Gasteiger partial charge in [0.1, 0.15) is 5.82 Å². The minimum absolute atomic E-state index is 0.103. The van der Waals surface area contributed by atoms with Crippen molar-refractivity contribution in [3.05, 3.63) is 47.4 Å². The molecule has 2 aromatic rings. The first-order valence-electron chi connectivity index (χ1n) is 7.41. The molecule has 0 bridgehead atoms. The molecule has 0 saturated heterocycles. The van der Waals surface area contributed by atoms with Crippen LogP contribution in [-0.2, 0) is 21.5 Å². The van der Waals surface area contributed by atoms with Crippen molar-refractivity contribution in [2.75, 3.05) is 0 Å².